The van der Waals surface area contributed by atoms with Crippen LogP contribution in [0.25, 0.3) is 0 Å². The van der Waals surface area contributed by atoms with Gasteiger partial charge in [0.25, 0.3) is 0 Å². The number of carbonyl (C=O) groups is 2. The minimum atomic E-state index is -1.22. The Morgan fingerprint density at radius 3 is 2.20 bits per heavy atom. The number of aliphatic carboxylic acids is 1. The number of carboxylic acids is 1. The largest absolute Gasteiger partial charge is 0.550 e. The van der Waals surface area contributed by atoms with Crippen molar-refractivity contribution in [2.24, 2.45) is 11.3 Å². The van der Waals surface area contributed by atoms with Gasteiger partial charge in [0.15, 0.2) is 0 Å². The Morgan fingerprint density at radius 2 is 1.80 bits per heavy atom. The summed E-state index contributed by atoms with van der Waals surface area (Å²) in [6, 6.07) is 0. The number of ether oxygens (including phenoxy) is 1. The van der Waals surface area contributed by atoms with Crippen LogP contribution in [0.5, 0.6) is 0 Å². The lowest BCUT2D eigenvalue weighted by atomic mass is 9.70. The smallest absolute Gasteiger partial charge is 0.334 e. The fourth-order valence-electron chi connectivity index (χ4n) is 2.84. The summed E-state index contributed by atoms with van der Waals surface area (Å²) in [7, 11) is 0. The molecule has 1 aliphatic rings. The Kier molecular flexibility index (Phi) is 5.78. The van der Waals surface area contributed by atoms with E-state index in [2.05, 4.69) is 20.8 Å². The average molecular weight is 281 g/mol. The number of hydrogen-bond acceptors (Lipinski definition) is 4. The molecule has 0 radical (unpaired) electrons. The molecule has 0 atom stereocenters. The van der Waals surface area contributed by atoms with Crippen molar-refractivity contribution in [2.45, 2.75) is 59.8 Å². The van der Waals surface area contributed by atoms with Gasteiger partial charge in [0, 0.05) is 18.0 Å². The molecule has 0 N–H and O–H groups in total. The first kappa shape index (κ1) is 16.7. The second-order valence-corrected chi connectivity index (χ2v) is 6.49. The van der Waals surface area contributed by atoms with E-state index in [0.29, 0.717) is 11.5 Å². The Hall–Kier alpha value is -1.32. The molecule has 0 saturated heterocycles. The van der Waals surface area contributed by atoms with Crippen LogP contribution in [0, 0.1) is 11.3 Å². The van der Waals surface area contributed by atoms with E-state index in [1.54, 1.807) is 6.92 Å². The van der Waals surface area contributed by atoms with Gasteiger partial charge in [0.2, 0.25) is 0 Å². The highest BCUT2D eigenvalue weighted by molar-refractivity contribution is 5.94. The summed E-state index contributed by atoms with van der Waals surface area (Å²) in [5, 5.41) is 10.8. The molecule has 114 valence electrons. The van der Waals surface area contributed by atoms with Crippen LogP contribution in [0.3, 0.4) is 0 Å². The van der Waals surface area contributed by atoms with Gasteiger partial charge in [-0.15, -0.1) is 0 Å². The fourth-order valence-corrected chi connectivity index (χ4v) is 2.84. The Bertz CT molecular complexity index is 391. The van der Waals surface area contributed by atoms with E-state index in [9.17, 15) is 14.7 Å². The highest BCUT2D eigenvalue weighted by atomic mass is 16.5. The molecule has 1 fully saturated rings. The first-order valence-corrected chi connectivity index (χ1v) is 7.33. The molecular weight excluding hydrogens is 256 g/mol. The van der Waals surface area contributed by atoms with Gasteiger partial charge in [0.1, 0.15) is 0 Å². The zero-order valence-corrected chi connectivity index (χ0v) is 13.0. The van der Waals surface area contributed by atoms with Crippen molar-refractivity contribution < 1.29 is 19.4 Å². The molecule has 1 aliphatic carbocycles. The summed E-state index contributed by atoms with van der Waals surface area (Å²) in [5.74, 6) is -1.11. The molecule has 0 aromatic carbocycles. The predicted octanol–water partition coefficient (Wildman–Crippen LogP) is 2.22. The molecule has 4 nitrogen and oxygen atoms in total. The Morgan fingerprint density at radius 1 is 1.25 bits per heavy atom. The molecule has 0 heterocycles. The Balaban J connectivity index is 2.85. The van der Waals surface area contributed by atoms with Crippen LogP contribution in [-0.2, 0) is 14.3 Å². The predicted molar refractivity (Wildman–Crippen MR) is 74.7 cm³/mol. The highest BCUT2D eigenvalue weighted by Gasteiger charge is 2.29. The van der Waals surface area contributed by atoms with Gasteiger partial charge in [-0.05, 0) is 43.9 Å². The number of carbonyl (C=O) groups excluding carboxylic acids is 2. The van der Waals surface area contributed by atoms with Gasteiger partial charge in [-0.1, -0.05) is 26.3 Å². The molecule has 0 amide bonds. The number of rotatable bonds is 4. The second kappa shape index (κ2) is 6.91. The fraction of sp³-hybridized carbons (Fsp3) is 0.750. The normalized spacial score (nSPS) is 19.6. The topological polar surface area (TPSA) is 66.4 Å². The molecule has 0 bridgehead atoms. The summed E-state index contributed by atoms with van der Waals surface area (Å²) in [4.78, 5) is 22.7. The van der Waals surface area contributed by atoms with E-state index in [0.717, 1.165) is 31.3 Å². The molecule has 1 saturated carbocycles. The van der Waals surface area contributed by atoms with Crippen molar-refractivity contribution in [3.63, 3.8) is 0 Å². The van der Waals surface area contributed by atoms with E-state index in [1.165, 1.54) is 0 Å². The lowest BCUT2D eigenvalue weighted by Gasteiger charge is -2.35. The molecule has 20 heavy (non-hydrogen) atoms. The lowest BCUT2D eigenvalue weighted by Crippen LogP contribution is -2.27. The van der Waals surface area contributed by atoms with E-state index < -0.39 is 11.9 Å². The van der Waals surface area contributed by atoms with E-state index in [4.69, 9.17) is 4.74 Å². The summed E-state index contributed by atoms with van der Waals surface area (Å²) < 4.78 is 4.96. The second-order valence-electron chi connectivity index (χ2n) is 6.49. The maximum absolute atomic E-state index is 11.9. The first-order chi connectivity index (χ1) is 9.25. The molecule has 0 unspecified atom stereocenters. The molecule has 0 spiro atoms. The van der Waals surface area contributed by atoms with Crippen LogP contribution in [0.15, 0.2) is 11.1 Å². The molecule has 0 aliphatic heterocycles. The lowest BCUT2D eigenvalue weighted by molar-refractivity contribution is -0.304. The number of hydrogen-bond donors (Lipinski definition) is 0. The van der Waals surface area contributed by atoms with Gasteiger partial charge < -0.3 is 14.6 Å². The van der Waals surface area contributed by atoms with E-state index in [1.807, 2.05) is 0 Å². The molecule has 4 heteroatoms. The van der Waals surface area contributed by atoms with Crippen molar-refractivity contribution in [1.29, 1.82) is 0 Å². The van der Waals surface area contributed by atoms with Crippen LogP contribution in [0.2, 0.25) is 0 Å². The number of allylic oxidation sites excluding steroid dienone is 1. The van der Waals surface area contributed by atoms with Gasteiger partial charge in [-0.2, -0.15) is 0 Å². The third-order valence-corrected chi connectivity index (χ3v) is 4.08. The highest BCUT2D eigenvalue weighted by Crippen LogP contribution is 2.40. The maximum Gasteiger partial charge on any atom is 0.334 e. The van der Waals surface area contributed by atoms with Crippen LogP contribution >= 0.6 is 0 Å². The minimum absolute atomic E-state index is 0.254. The minimum Gasteiger partial charge on any atom is -0.550 e. The summed E-state index contributed by atoms with van der Waals surface area (Å²) in [6.45, 7) is 8.64. The quantitative estimate of drug-likeness (QED) is 0.585. The van der Waals surface area contributed by atoms with Crippen molar-refractivity contribution >= 4 is 11.9 Å². The van der Waals surface area contributed by atoms with Gasteiger partial charge in [-0.3, -0.25) is 0 Å². The molecule has 0 aromatic heterocycles. The van der Waals surface area contributed by atoms with Gasteiger partial charge in [-0.25, -0.2) is 4.79 Å². The van der Waals surface area contributed by atoms with Crippen LogP contribution in [-0.4, -0.2) is 18.5 Å². The first-order valence-electron chi connectivity index (χ1n) is 7.33. The van der Waals surface area contributed by atoms with E-state index >= 15 is 0 Å². The van der Waals surface area contributed by atoms with Crippen LogP contribution in [0.4, 0.5) is 0 Å². The Labute approximate surface area is 121 Å². The van der Waals surface area contributed by atoms with Gasteiger partial charge in [0.05, 0.1) is 6.61 Å². The van der Waals surface area contributed by atoms with Crippen molar-refractivity contribution in [3.8, 4) is 0 Å². The number of esters is 1. The van der Waals surface area contributed by atoms with E-state index in [-0.39, 0.29) is 18.4 Å². The SMILES string of the molecule is CCOC(=O)C(CC(=O)[O-])=C1CCC(C(C)(C)C)CC1. The van der Waals surface area contributed by atoms with Crippen molar-refractivity contribution in [1.82, 2.24) is 0 Å². The summed E-state index contributed by atoms with van der Waals surface area (Å²) >= 11 is 0. The molecule has 0 aromatic rings. The summed E-state index contributed by atoms with van der Waals surface area (Å²) in [5.41, 5.74) is 1.50. The van der Waals surface area contributed by atoms with Crippen molar-refractivity contribution in [2.75, 3.05) is 6.61 Å². The zero-order chi connectivity index (χ0) is 15.3. The standard InChI is InChI=1S/C16H26O4/c1-5-20-15(19)13(10-14(17)18)11-6-8-12(9-7-11)16(2,3)4/h12H,5-10H2,1-4H3,(H,17,18)/p-1. The van der Waals surface area contributed by atoms with Crippen molar-refractivity contribution in [3.05, 3.63) is 11.1 Å². The third kappa shape index (κ3) is 4.66. The maximum atomic E-state index is 11.9. The average Bonchev–Trinajstić information content (AvgIpc) is 2.35. The monoisotopic (exact) mass is 281 g/mol. The van der Waals surface area contributed by atoms with Crippen LogP contribution in [0.1, 0.15) is 59.8 Å². The summed E-state index contributed by atoms with van der Waals surface area (Å²) in [6.07, 6.45) is 3.21. The molecular formula is C16H25O4-. The molecule has 1 rings (SSSR count). The zero-order valence-electron chi connectivity index (χ0n) is 13.0. The number of carboxylic acid groups (broad SMARTS) is 1. The van der Waals surface area contributed by atoms with Gasteiger partial charge >= 0.3 is 5.97 Å². The third-order valence-electron chi connectivity index (χ3n) is 4.08. The van der Waals surface area contributed by atoms with Crippen LogP contribution < -0.4 is 5.11 Å².